The van der Waals surface area contributed by atoms with Gasteiger partial charge in [0.25, 0.3) is 0 Å². The highest BCUT2D eigenvalue weighted by Crippen LogP contribution is 2.26. The Hall–Kier alpha value is -3.87. The van der Waals surface area contributed by atoms with Gasteiger partial charge in [-0.05, 0) is 36.3 Å². The monoisotopic (exact) mass is 387 g/mol. The number of urea groups is 1. The zero-order chi connectivity index (χ0) is 20.4. The number of ether oxygens (including phenoxy) is 1. The molecule has 29 heavy (non-hydrogen) atoms. The predicted molar refractivity (Wildman–Crippen MR) is 111 cm³/mol. The fourth-order valence-electron chi connectivity index (χ4n) is 3.23. The number of aryl methyl sites for hydroxylation is 1. The number of carbonyl (C=O) groups excluding carboxylic acids is 1. The van der Waals surface area contributed by atoms with Gasteiger partial charge in [0.05, 0.1) is 37.1 Å². The molecule has 1 aliphatic heterocycles. The van der Waals surface area contributed by atoms with Crippen LogP contribution in [0.2, 0.25) is 0 Å². The third kappa shape index (κ3) is 3.75. The molecule has 7 nitrogen and oxygen atoms in total. The molecule has 0 unspecified atom stereocenters. The van der Waals surface area contributed by atoms with Crippen LogP contribution in [-0.4, -0.2) is 33.4 Å². The fraction of sp³-hybridized carbons (Fsp3) is 0.136. The Balaban J connectivity index is 1.59. The summed E-state index contributed by atoms with van der Waals surface area (Å²) >= 11 is 0. The second-order valence-corrected chi connectivity index (χ2v) is 6.76. The van der Waals surface area contributed by atoms with E-state index in [0.717, 1.165) is 22.5 Å². The van der Waals surface area contributed by atoms with Gasteiger partial charge in [-0.15, -0.1) is 0 Å². The zero-order valence-electron chi connectivity index (χ0n) is 16.2. The van der Waals surface area contributed by atoms with E-state index in [0.29, 0.717) is 18.0 Å². The summed E-state index contributed by atoms with van der Waals surface area (Å²) in [6.07, 6.45) is 5.43. The number of amidine groups is 1. The minimum atomic E-state index is -0.303. The molecule has 0 bridgehead atoms. The SMILES string of the molecule is COc1cc(/C=C2\NC(=O)N(Cc3ccccc3)C2=N)ccc1-n1cnc(C)c1. The number of benzene rings is 2. The summed E-state index contributed by atoms with van der Waals surface area (Å²) in [5, 5.41) is 11.2. The molecule has 2 aromatic carbocycles. The van der Waals surface area contributed by atoms with Crippen molar-refractivity contribution in [1.82, 2.24) is 19.8 Å². The van der Waals surface area contributed by atoms with Gasteiger partial charge in [-0.25, -0.2) is 9.78 Å². The maximum atomic E-state index is 12.4. The van der Waals surface area contributed by atoms with E-state index in [2.05, 4.69) is 10.3 Å². The lowest BCUT2D eigenvalue weighted by atomic mass is 10.1. The number of carbonyl (C=O) groups is 1. The fourth-order valence-corrected chi connectivity index (χ4v) is 3.23. The van der Waals surface area contributed by atoms with Gasteiger partial charge in [0.2, 0.25) is 0 Å². The topological polar surface area (TPSA) is 83.2 Å². The third-order valence-corrected chi connectivity index (χ3v) is 4.70. The van der Waals surface area contributed by atoms with Gasteiger partial charge in [0.1, 0.15) is 5.75 Å². The molecular weight excluding hydrogens is 366 g/mol. The number of amides is 2. The van der Waals surface area contributed by atoms with E-state index in [1.54, 1.807) is 19.5 Å². The maximum absolute atomic E-state index is 12.4. The molecule has 1 aromatic heterocycles. The van der Waals surface area contributed by atoms with Crippen LogP contribution in [0.15, 0.2) is 66.8 Å². The van der Waals surface area contributed by atoms with E-state index >= 15 is 0 Å². The minimum Gasteiger partial charge on any atom is -0.495 e. The average molecular weight is 387 g/mol. The minimum absolute atomic E-state index is 0.145. The summed E-state index contributed by atoms with van der Waals surface area (Å²) in [5.41, 5.74) is 4.03. The van der Waals surface area contributed by atoms with Crippen molar-refractivity contribution in [2.24, 2.45) is 0 Å². The van der Waals surface area contributed by atoms with Crippen LogP contribution in [0.3, 0.4) is 0 Å². The van der Waals surface area contributed by atoms with Gasteiger partial charge in [-0.1, -0.05) is 36.4 Å². The first kappa shape index (κ1) is 18.5. The van der Waals surface area contributed by atoms with E-state index in [9.17, 15) is 4.79 Å². The molecule has 0 saturated carbocycles. The number of nitrogens with one attached hydrogen (secondary N) is 2. The number of hydrogen-bond acceptors (Lipinski definition) is 4. The first-order valence-corrected chi connectivity index (χ1v) is 9.17. The van der Waals surface area contributed by atoms with E-state index in [4.69, 9.17) is 10.1 Å². The molecule has 0 spiro atoms. The third-order valence-electron chi connectivity index (χ3n) is 4.70. The lowest BCUT2D eigenvalue weighted by Crippen LogP contribution is -2.29. The molecule has 0 radical (unpaired) electrons. The summed E-state index contributed by atoms with van der Waals surface area (Å²) < 4.78 is 7.43. The van der Waals surface area contributed by atoms with Crippen molar-refractivity contribution in [3.63, 3.8) is 0 Å². The Labute approximate surface area is 168 Å². The van der Waals surface area contributed by atoms with Gasteiger partial charge in [0.15, 0.2) is 5.84 Å². The van der Waals surface area contributed by atoms with E-state index in [1.165, 1.54) is 4.90 Å². The number of nitrogens with zero attached hydrogens (tertiary/aromatic N) is 3. The lowest BCUT2D eigenvalue weighted by molar-refractivity contribution is 0.227. The van der Waals surface area contributed by atoms with Crippen molar-refractivity contribution in [3.8, 4) is 11.4 Å². The summed E-state index contributed by atoms with van der Waals surface area (Å²) in [4.78, 5) is 18.0. The molecule has 2 N–H and O–H groups in total. The van der Waals surface area contributed by atoms with Crippen molar-refractivity contribution < 1.29 is 9.53 Å². The number of imidazole rings is 1. The van der Waals surface area contributed by atoms with Crippen molar-refractivity contribution in [2.75, 3.05) is 7.11 Å². The summed E-state index contributed by atoms with van der Waals surface area (Å²) in [6.45, 7) is 2.28. The Morgan fingerprint density at radius 3 is 2.69 bits per heavy atom. The Kier molecular flexibility index (Phi) is 4.87. The molecule has 2 heterocycles. The van der Waals surface area contributed by atoms with Gasteiger partial charge >= 0.3 is 6.03 Å². The Bertz CT molecular complexity index is 1100. The molecule has 0 atom stereocenters. The molecule has 1 fully saturated rings. The predicted octanol–water partition coefficient (Wildman–Crippen LogP) is 3.73. The van der Waals surface area contributed by atoms with Crippen LogP contribution in [0, 0.1) is 12.3 Å². The number of rotatable bonds is 5. The molecule has 4 rings (SSSR count). The first-order chi connectivity index (χ1) is 14.0. The summed E-state index contributed by atoms with van der Waals surface area (Å²) in [6, 6.07) is 15.0. The average Bonchev–Trinajstić information content (AvgIpc) is 3.27. The molecular formula is C22H21N5O2. The molecule has 0 aliphatic carbocycles. The van der Waals surface area contributed by atoms with E-state index in [1.807, 2.05) is 66.2 Å². The number of aromatic nitrogens is 2. The molecule has 2 amide bonds. The van der Waals surface area contributed by atoms with Crippen molar-refractivity contribution >= 4 is 17.9 Å². The summed E-state index contributed by atoms with van der Waals surface area (Å²) in [5.74, 6) is 0.820. The summed E-state index contributed by atoms with van der Waals surface area (Å²) in [7, 11) is 1.61. The molecule has 3 aromatic rings. The second-order valence-electron chi connectivity index (χ2n) is 6.76. The lowest BCUT2D eigenvalue weighted by Gasteiger charge is -2.13. The molecule has 7 heteroatoms. The van der Waals surface area contributed by atoms with E-state index in [-0.39, 0.29) is 11.9 Å². The van der Waals surface area contributed by atoms with Crippen LogP contribution in [-0.2, 0) is 6.54 Å². The Morgan fingerprint density at radius 2 is 2.00 bits per heavy atom. The van der Waals surface area contributed by atoms with Crippen LogP contribution in [0.5, 0.6) is 5.75 Å². The van der Waals surface area contributed by atoms with Crippen LogP contribution in [0.1, 0.15) is 16.8 Å². The second kappa shape index (κ2) is 7.63. The number of hydrogen-bond donors (Lipinski definition) is 2. The van der Waals surface area contributed by atoms with E-state index < -0.39 is 0 Å². The van der Waals surface area contributed by atoms with Crippen molar-refractivity contribution in [1.29, 1.82) is 5.41 Å². The molecule has 1 saturated heterocycles. The quantitative estimate of drug-likeness (QED) is 0.700. The van der Waals surface area contributed by atoms with Gasteiger partial charge in [0, 0.05) is 6.20 Å². The van der Waals surface area contributed by atoms with Gasteiger partial charge in [-0.3, -0.25) is 10.3 Å². The van der Waals surface area contributed by atoms with Crippen LogP contribution < -0.4 is 10.1 Å². The largest absolute Gasteiger partial charge is 0.495 e. The van der Waals surface area contributed by atoms with Gasteiger partial charge in [-0.2, -0.15) is 0 Å². The van der Waals surface area contributed by atoms with Crippen LogP contribution in [0.4, 0.5) is 4.79 Å². The van der Waals surface area contributed by atoms with Crippen LogP contribution in [0.25, 0.3) is 11.8 Å². The van der Waals surface area contributed by atoms with Gasteiger partial charge < -0.3 is 14.6 Å². The normalized spacial score (nSPS) is 15.1. The Morgan fingerprint density at radius 1 is 1.21 bits per heavy atom. The smallest absolute Gasteiger partial charge is 0.327 e. The molecule has 146 valence electrons. The number of methoxy groups -OCH3 is 1. The zero-order valence-corrected chi connectivity index (χ0v) is 16.2. The standard InChI is InChI=1S/C22H21N5O2/c1-15-12-26(14-24-15)19-9-8-17(11-20(19)29-2)10-18-21(23)27(22(28)25-18)13-16-6-4-3-5-7-16/h3-12,14,23H,13H2,1-2H3,(H,25,28)/b18-10-,23-21?. The highest BCUT2D eigenvalue weighted by molar-refractivity contribution is 6.15. The van der Waals surface area contributed by atoms with Crippen molar-refractivity contribution in [3.05, 3.63) is 83.6 Å². The highest BCUT2D eigenvalue weighted by atomic mass is 16.5. The highest BCUT2D eigenvalue weighted by Gasteiger charge is 2.30. The maximum Gasteiger partial charge on any atom is 0.327 e. The molecule has 1 aliphatic rings. The first-order valence-electron chi connectivity index (χ1n) is 9.17. The van der Waals surface area contributed by atoms with Crippen molar-refractivity contribution in [2.45, 2.75) is 13.5 Å². The van der Waals surface area contributed by atoms with Crippen LogP contribution >= 0.6 is 0 Å².